The van der Waals surface area contributed by atoms with Crippen LogP contribution >= 0.6 is 0 Å². The largest absolute Gasteiger partial charge is 0.313 e. The Morgan fingerprint density at radius 3 is 2.50 bits per heavy atom. The first kappa shape index (κ1) is 11.9. The van der Waals surface area contributed by atoms with E-state index < -0.39 is 10.0 Å². The lowest BCUT2D eigenvalue weighted by Gasteiger charge is -2.12. The highest BCUT2D eigenvalue weighted by molar-refractivity contribution is 7.88. The molecule has 0 saturated heterocycles. The van der Waals surface area contributed by atoms with Gasteiger partial charge in [-0.1, -0.05) is 12.8 Å². The lowest BCUT2D eigenvalue weighted by Crippen LogP contribution is -2.35. The molecule has 0 aromatic rings. The fourth-order valence-electron chi connectivity index (χ4n) is 1.49. The number of hydrogen-bond donors (Lipinski definition) is 2. The van der Waals surface area contributed by atoms with E-state index >= 15 is 0 Å². The zero-order chi connectivity index (χ0) is 10.6. The van der Waals surface area contributed by atoms with Crippen molar-refractivity contribution >= 4 is 10.0 Å². The van der Waals surface area contributed by atoms with Crippen LogP contribution in [-0.4, -0.2) is 33.8 Å². The van der Waals surface area contributed by atoms with Crippen LogP contribution in [0.4, 0.5) is 0 Å². The summed E-state index contributed by atoms with van der Waals surface area (Å²) in [5, 5.41) is 3.30. The van der Waals surface area contributed by atoms with Gasteiger partial charge in [-0.25, -0.2) is 13.1 Å². The molecule has 0 aromatic carbocycles. The van der Waals surface area contributed by atoms with Crippen molar-refractivity contribution in [2.45, 2.75) is 32.2 Å². The van der Waals surface area contributed by atoms with Crippen molar-refractivity contribution < 1.29 is 8.42 Å². The molecular formula is C9H20N2O2S. The smallest absolute Gasteiger partial charge is 0.208 e. The van der Waals surface area contributed by atoms with Gasteiger partial charge in [-0.15, -0.1) is 0 Å². The second-order valence-electron chi connectivity index (χ2n) is 4.20. The van der Waals surface area contributed by atoms with Crippen LogP contribution in [0.3, 0.4) is 0 Å². The molecular weight excluding hydrogens is 200 g/mol. The summed E-state index contributed by atoms with van der Waals surface area (Å²) in [5.41, 5.74) is 0. The molecule has 2 N–H and O–H groups in total. The highest BCUT2D eigenvalue weighted by Crippen LogP contribution is 2.33. The van der Waals surface area contributed by atoms with Gasteiger partial charge in [-0.3, -0.25) is 0 Å². The van der Waals surface area contributed by atoms with Crippen LogP contribution in [0.2, 0.25) is 0 Å². The van der Waals surface area contributed by atoms with E-state index in [1.807, 2.05) is 0 Å². The molecule has 0 radical (unpaired) electrons. The first-order valence-electron chi connectivity index (χ1n) is 5.15. The Kier molecular flexibility index (Phi) is 4.34. The summed E-state index contributed by atoms with van der Waals surface area (Å²) in [6.07, 6.45) is 5.14. The SMILES string of the molecule is CC(CC1CC1)NCCNS(C)(=O)=O. The fraction of sp³-hybridized carbons (Fsp3) is 1.00. The summed E-state index contributed by atoms with van der Waals surface area (Å²) < 4.78 is 23.9. The summed E-state index contributed by atoms with van der Waals surface area (Å²) in [4.78, 5) is 0. The Morgan fingerprint density at radius 2 is 2.00 bits per heavy atom. The second kappa shape index (κ2) is 5.09. The molecule has 1 rings (SSSR count). The number of rotatable bonds is 7. The van der Waals surface area contributed by atoms with Gasteiger partial charge in [0.05, 0.1) is 6.26 Å². The Balaban J connectivity index is 1.97. The van der Waals surface area contributed by atoms with E-state index in [4.69, 9.17) is 0 Å². The lowest BCUT2D eigenvalue weighted by molar-refractivity contribution is 0.488. The monoisotopic (exact) mass is 220 g/mol. The van der Waals surface area contributed by atoms with Crippen molar-refractivity contribution in [3.63, 3.8) is 0 Å². The Bertz CT molecular complexity index is 260. The molecule has 14 heavy (non-hydrogen) atoms. The normalized spacial score (nSPS) is 19.6. The topological polar surface area (TPSA) is 58.2 Å². The summed E-state index contributed by atoms with van der Waals surface area (Å²) >= 11 is 0. The quantitative estimate of drug-likeness (QED) is 0.607. The molecule has 1 fully saturated rings. The molecule has 0 amide bonds. The van der Waals surface area contributed by atoms with E-state index in [9.17, 15) is 8.42 Å². The van der Waals surface area contributed by atoms with Gasteiger partial charge in [0.15, 0.2) is 0 Å². The molecule has 1 aliphatic rings. The third-order valence-electron chi connectivity index (χ3n) is 2.37. The zero-order valence-electron chi connectivity index (χ0n) is 8.91. The predicted octanol–water partition coefficient (Wildman–Crippen LogP) is 0.314. The number of nitrogens with one attached hydrogen (secondary N) is 2. The van der Waals surface area contributed by atoms with E-state index in [1.165, 1.54) is 25.5 Å². The minimum atomic E-state index is -3.02. The maximum absolute atomic E-state index is 10.7. The maximum Gasteiger partial charge on any atom is 0.208 e. The summed E-state index contributed by atoms with van der Waals surface area (Å²) in [7, 11) is -3.02. The van der Waals surface area contributed by atoms with E-state index in [0.717, 1.165) is 5.92 Å². The molecule has 4 nitrogen and oxygen atoms in total. The van der Waals surface area contributed by atoms with Crippen molar-refractivity contribution in [3.05, 3.63) is 0 Å². The highest BCUT2D eigenvalue weighted by atomic mass is 32.2. The molecule has 1 unspecified atom stereocenters. The van der Waals surface area contributed by atoms with Gasteiger partial charge in [0.25, 0.3) is 0 Å². The van der Waals surface area contributed by atoms with Crippen LogP contribution in [0.15, 0.2) is 0 Å². The number of hydrogen-bond acceptors (Lipinski definition) is 3. The first-order valence-corrected chi connectivity index (χ1v) is 7.04. The van der Waals surface area contributed by atoms with Crippen LogP contribution in [0.5, 0.6) is 0 Å². The van der Waals surface area contributed by atoms with Crippen LogP contribution < -0.4 is 10.0 Å². The summed E-state index contributed by atoms with van der Waals surface area (Å²) in [6.45, 7) is 3.34. The van der Waals surface area contributed by atoms with Gasteiger partial charge < -0.3 is 5.32 Å². The van der Waals surface area contributed by atoms with E-state index in [0.29, 0.717) is 19.1 Å². The molecule has 5 heteroatoms. The van der Waals surface area contributed by atoms with Crippen LogP contribution in [0, 0.1) is 5.92 Å². The number of sulfonamides is 1. The molecule has 1 saturated carbocycles. The third kappa shape index (κ3) is 6.34. The first-order chi connectivity index (χ1) is 6.47. The molecule has 0 aliphatic heterocycles. The second-order valence-corrected chi connectivity index (χ2v) is 6.03. The van der Waals surface area contributed by atoms with Crippen molar-refractivity contribution in [1.29, 1.82) is 0 Å². The minimum Gasteiger partial charge on any atom is -0.313 e. The lowest BCUT2D eigenvalue weighted by atomic mass is 10.1. The molecule has 0 aromatic heterocycles. The summed E-state index contributed by atoms with van der Waals surface area (Å²) in [6, 6.07) is 0.504. The van der Waals surface area contributed by atoms with Crippen molar-refractivity contribution in [2.24, 2.45) is 5.92 Å². The Morgan fingerprint density at radius 1 is 1.36 bits per heavy atom. The van der Waals surface area contributed by atoms with Gasteiger partial charge in [0.1, 0.15) is 0 Å². The van der Waals surface area contributed by atoms with E-state index in [1.54, 1.807) is 0 Å². The molecule has 0 heterocycles. The third-order valence-corrected chi connectivity index (χ3v) is 3.09. The van der Waals surface area contributed by atoms with Crippen molar-refractivity contribution in [1.82, 2.24) is 10.0 Å². The van der Waals surface area contributed by atoms with E-state index in [2.05, 4.69) is 17.0 Å². The maximum atomic E-state index is 10.7. The minimum absolute atomic E-state index is 0.480. The molecule has 0 bridgehead atoms. The standard InChI is InChI=1S/C9H20N2O2S/c1-8(7-9-3-4-9)10-5-6-11-14(2,12)13/h8-11H,3-7H2,1-2H3. The summed E-state index contributed by atoms with van der Waals surface area (Å²) in [5.74, 6) is 0.917. The Hall–Kier alpha value is -0.130. The molecule has 0 spiro atoms. The Labute approximate surface area is 86.5 Å². The van der Waals surface area contributed by atoms with E-state index in [-0.39, 0.29) is 0 Å². The van der Waals surface area contributed by atoms with Crippen LogP contribution in [-0.2, 0) is 10.0 Å². The fourth-order valence-corrected chi connectivity index (χ4v) is 1.96. The van der Waals surface area contributed by atoms with Crippen LogP contribution in [0.1, 0.15) is 26.2 Å². The van der Waals surface area contributed by atoms with Gasteiger partial charge in [0.2, 0.25) is 10.0 Å². The van der Waals surface area contributed by atoms with Gasteiger partial charge >= 0.3 is 0 Å². The molecule has 1 atom stereocenters. The van der Waals surface area contributed by atoms with Gasteiger partial charge in [-0.05, 0) is 19.3 Å². The molecule has 84 valence electrons. The van der Waals surface area contributed by atoms with Gasteiger partial charge in [-0.2, -0.15) is 0 Å². The predicted molar refractivity (Wildman–Crippen MR) is 57.7 cm³/mol. The van der Waals surface area contributed by atoms with Crippen molar-refractivity contribution in [3.8, 4) is 0 Å². The van der Waals surface area contributed by atoms with Crippen LogP contribution in [0.25, 0.3) is 0 Å². The highest BCUT2D eigenvalue weighted by Gasteiger charge is 2.23. The van der Waals surface area contributed by atoms with Crippen molar-refractivity contribution in [2.75, 3.05) is 19.3 Å². The zero-order valence-corrected chi connectivity index (χ0v) is 9.73. The average molecular weight is 220 g/mol. The van der Waals surface area contributed by atoms with Gasteiger partial charge in [0, 0.05) is 19.1 Å². The average Bonchev–Trinajstić information content (AvgIpc) is 2.80. The molecule has 1 aliphatic carbocycles.